The van der Waals surface area contributed by atoms with Crippen molar-refractivity contribution in [3.63, 3.8) is 0 Å². The van der Waals surface area contributed by atoms with Crippen LogP contribution in [0.5, 0.6) is 0 Å². The Morgan fingerprint density at radius 3 is 2.50 bits per heavy atom. The van der Waals surface area contributed by atoms with Crippen LogP contribution in [0.1, 0.15) is 19.6 Å². The molecular formula is C11H21N3O3S. The van der Waals surface area contributed by atoms with Crippen molar-refractivity contribution in [1.29, 1.82) is 0 Å². The van der Waals surface area contributed by atoms with Gasteiger partial charge in [-0.05, 0) is 25.2 Å². The Labute approximate surface area is 108 Å². The van der Waals surface area contributed by atoms with E-state index in [-0.39, 0.29) is 5.09 Å². The first kappa shape index (κ1) is 15.2. The van der Waals surface area contributed by atoms with Gasteiger partial charge in [-0.3, -0.25) is 0 Å². The maximum Gasteiger partial charge on any atom is 0.271 e. The molecule has 1 aromatic rings. The van der Waals surface area contributed by atoms with E-state index in [2.05, 4.69) is 24.1 Å². The maximum absolute atomic E-state index is 11.0. The van der Waals surface area contributed by atoms with Crippen LogP contribution < -0.4 is 10.5 Å². The number of nitrogens with zero attached hydrogens (tertiary/aromatic N) is 1. The van der Waals surface area contributed by atoms with Gasteiger partial charge in [-0.15, -0.1) is 0 Å². The number of hydrogen-bond acceptors (Lipinski definition) is 5. The highest BCUT2D eigenvalue weighted by molar-refractivity contribution is 7.89. The molecule has 1 aromatic heterocycles. The van der Waals surface area contributed by atoms with Crippen molar-refractivity contribution in [2.45, 2.75) is 25.5 Å². The molecule has 1 rings (SSSR count). The first-order valence-corrected chi connectivity index (χ1v) is 7.56. The minimum Gasteiger partial charge on any atom is -0.447 e. The van der Waals surface area contributed by atoms with Crippen molar-refractivity contribution < 1.29 is 12.8 Å². The van der Waals surface area contributed by atoms with Gasteiger partial charge < -0.3 is 14.6 Å². The molecule has 0 unspecified atom stereocenters. The van der Waals surface area contributed by atoms with Crippen molar-refractivity contribution in [3.8, 4) is 0 Å². The van der Waals surface area contributed by atoms with Gasteiger partial charge in [0.05, 0.1) is 6.54 Å². The summed E-state index contributed by atoms with van der Waals surface area (Å²) in [4.78, 5) is 2.30. The Morgan fingerprint density at radius 1 is 1.33 bits per heavy atom. The van der Waals surface area contributed by atoms with Gasteiger partial charge in [-0.1, -0.05) is 13.8 Å². The summed E-state index contributed by atoms with van der Waals surface area (Å²) in [5.41, 5.74) is 0. The maximum atomic E-state index is 11.0. The predicted molar refractivity (Wildman–Crippen MR) is 69.6 cm³/mol. The fraction of sp³-hybridized carbons (Fsp3) is 0.636. The summed E-state index contributed by atoms with van der Waals surface area (Å²) in [6.45, 7) is 8.56. The fourth-order valence-corrected chi connectivity index (χ4v) is 2.08. The van der Waals surface area contributed by atoms with E-state index in [1.54, 1.807) is 6.07 Å². The van der Waals surface area contributed by atoms with Gasteiger partial charge in [-0.25, -0.2) is 13.6 Å². The fourth-order valence-electron chi connectivity index (χ4n) is 1.59. The third-order valence-electron chi connectivity index (χ3n) is 2.72. The summed E-state index contributed by atoms with van der Waals surface area (Å²) >= 11 is 0. The molecule has 0 spiro atoms. The number of furan rings is 1. The summed E-state index contributed by atoms with van der Waals surface area (Å²) in [7, 11) is -3.74. The van der Waals surface area contributed by atoms with Gasteiger partial charge >= 0.3 is 0 Å². The molecule has 0 amide bonds. The summed E-state index contributed by atoms with van der Waals surface area (Å²) < 4.78 is 27.1. The Bertz CT molecular complexity index is 452. The zero-order chi connectivity index (χ0) is 13.6. The Hall–Kier alpha value is -0.890. The number of nitrogens with one attached hydrogen (secondary N) is 1. The van der Waals surface area contributed by atoms with Crippen LogP contribution in [0.25, 0.3) is 0 Å². The number of nitrogens with two attached hydrogens (primary N) is 1. The number of sulfonamides is 1. The molecule has 18 heavy (non-hydrogen) atoms. The minimum absolute atomic E-state index is 0.192. The molecule has 0 saturated heterocycles. The van der Waals surface area contributed by atoms with Crippen LogP contribution in [0.3, 0.4) is 0 Å². The van der Waals surface area contributed by atoms with Crippen LogP contribution in [0, 0.1) is 0 Å². The van der Waals surface area contributed by atoms with E-state index in [0.29, 0.717) is 12.3 Å². The second-order valence-corrected chi connectivity index (χ2v) is 5.46. The molecule has 0 fully saturated rings. The van der Waals surface area contributed by atoms with Crippen molar-refractivity contribution in [2.75, 3.05) is 26.2 Å². The quantitative estimate of drug-likeness (QED) is 0.669. The average Bonchev–Trinajstić information content (AvgIpc) is 2.78. The minimum atomic E-state index is -3.74. The van der Waals surface area contributed by atoms with Crippen LogP contribution in [-0.4, -0.2) is 39.5 Å². The molecule has 0 saturated carbocycles. The lowest BCUT2D eigenvalue weighted by molar-refractivity contribution is 0.299. The van der Waals surface area contributed by atoms with E-state index >= 15 is 0 Å². The zero-order valence-corrected chi connectivity index (χ0v) is 11.7. The highest BCUT2D eigenvalue weighted by Crippen LogP contribution is 2.11. The first-order valence-electron chi connectivity index (χ1n) is 6.02. The molecule has 6 nitrogen and oxygen atoms in total. The third kappa shape index (κ3) is 4.77. The Balaban J connectivity index is 2.34. The molecule has 1 heterocycles. The van der Waals surface area contributed by atoms with Crippen molar-refractivity contribution in [3.05, 3.63) is 17.9 Å². The van der Waals surface area contributed by atoms with Crippen molar-refractivity contribution in [1.82, 2.24) is 10.2 Å². The van der Waals surface area contributed by atoms with Gasteiger partial charge in [0.2, 0.25) is 5.09 Å². The summed E-state index contributed by atoms with van der Waals surface area (Å²) in [5.74, 6) is 0.568. The van der Waals surface area contributed by atoms with E-state index in [4.69, 9.17) is 9.56 Å². The average molecular weight is 275 g/mol. The monoisotopic (exact) mass is 275 g/mol. The molecule has 0 bridgehead atoms. The van der Waals surface area contributed by atoms with Crippen molar-refractivity contribution >= 4 is 10.0 Å². The number of rotatable bonds is 8. The molecular weight excluding hydrogens is 254 g/mol. The van der Waals surface area contributed by atoms with Crippen LogP contribution in [0.15, 0.2) is 21.6 Å². The van der Waals surface area contributed by atoms with Crippen LogP contribution in [0.4, 0.5) is 0 Å². The highest BCUT2D eigenvalue weighted by Gasteiger charge is 2.12. The molecule has 7 heteroatoms. The van der Waals surface area contributed by atoms with E-state index in [1.807, 2.05) is 0 Å². The van der Waals surface area contributed by atoms with E-state index in [9.17, 15) is 8.42 Å². The highest BCUT2D eigenvalue weighted by atomic mass is 32.2. The largest absolute Gasteiger partial charge is 0.447 e. The third-order valence-corrected chi connectivity index (χ3v) is 3.50. The molecule has 104 valence electrons. The van der Waals surface area contributed by atoms with E-state index < -0.39 is 10.0 Å². The van der Waals surface area contributed by atoms with E-state index in [0.717, 1.165) is 26.2 Å². The van der Waals surface area contributed by atoms with Gasteiger partial charge in [0, 0.05) is 13.1 Å². The van der Waals surface area contributed by atoms with Gasteiger partial charge in [0.15, 0.2) is 0 Å². The number of hydrogen-bond donors (Lipinski definition) is 2. The topological polar surface area (TPSA) is 88.6 Å². The van der Waals surface area contributed by atoms with Crippen molar-refractivity contribution in [2.24, 2.45) is 5.14 Å². The summed E-state index contributed by atoms with van der Waals surface area (Å²) in [6, 6.07) is 2.99. The standard InChI is InChI=1S/C11H21N3O3S/c1-3-14(4-2)8-7-13-9-10-5-6-11(17-10)18(12,15)16/h5-6,13H,3-4,7-9H2,1-2H3,(H2,12,15,16). The summed E-state index contributed by atoms with van der Waals surface area (Å²) in [5, 5.41) is 7.95. The van der Waals surface area contributed by atoms with E-state index in [1.165, 1.54) is 6.07 Å². The molecule has 0 aliphatic carbocycles. The predicted octanol–water partition coefficient (Wildman–Crippen LogP) is 0.358. The number of likely N-dealkylation sites (N-methyl/N-ethyl adjacent to an activating group) is 1. The van der Waals surface area contributed by atoms with Crippen LogP contribution >= 0.6 is 0 Å². The molecule has 3 N–H and O–H groups in total. The second-order valence-electron chi connectivity index (χ2n) is 3.97. The lowest BCUT2D eigenvalue weighted by atomic mass is 10.4. The smallest absolute Gasteiger partial charge is 0.271 e. The van der Waals surface area contributed by atoms with Crippen LogP contribution in [0.2, 0.25) is 0 Å². The Kier molecular flexibility index (Phi) is 5.80. The molecule has 0 atom stereocenters. The second kappa shape index (κ2) is 6.89. The molecule has 0 aromatic carbocycles. The molecule has 0 aliphatic rings. The SMILES string of the molecule is CCN(CC)CCNCc1ccc(S(N)(=O)=O)o1. The number of primary sulfonamides is 1. The lowest BCUT2D eigenvalue weighted by Gasteiger charge is -2.17. The molecule has 0 aliphatic heterocycles. The zero-order valence-electron chi connectivity index (χ0n) is 10.8. The van der Waals surface area contributed by atoms with Gasteiger partial charge in [0.1, 0.15) is 5.76 Å². The van der Waals surface area contributed by atoms with Crippen LogP contribution in [-0.2, 0) is 16.6 Å². The lowest BCUT2D eigenvalue weighted by Crippen LogP contribution is -2.31. The van der Waals surface area contributed by atoms with Gasteiger partial charge in [-0.2, -0.15) is 0 Å². The summed E-state index contributed by atoms with van der Waals surface area (Å²) in [6.07, 6.45) is 0. The first-order chi connectivity index (χ1) is 8.47. The van der Waals surface area contributed by atoms with Gasteiger partial charge in [0.25, 0.3) is 10.0 Å². The Morgan fingerprint density at radius 2 is 2.00 bits per heavy atom. The normalized spacial score (nSPS) is 12.2. The molecule has 0 radical (unpaired) electrons.